The van der Waals surface area contributed by atoms with Crippen molar-refractivity contribution < 1.29 is 4.21 Å². The lowest BCUT2D eigenvalue weighted by Crippen LogP contribution is -2.62. The minimum atomic E-state index is -1.29. The van der Waals surface area contributed by atoms with Gasteiger partial charge in [0.1, 0.15) is 28.2 Å². The average molecular weight is 427 g/mol. The number of nitrogens with zero attached hydrogens (tertiary/aromatic N) is 6. The summed E-state index contributed by atoms with van der Waals surface area (Å²) in [4.78, 5) is 8.08. The molecule has 3 aromatic heterocycles. The van der Waals surface area contributed by atoms with E-state index >= 15 is 0 Å². The first-order valence-corrected chi connectivity index (χ1v) is 10.8. The second-order valence-electron chi connectivity index (χ2n) is 7.49. The molecule has 8 nitrogen and oxygen atoms in total. The first-order valence-electron chi connectivity index (χ1n) is 9.66. The Morgan fingerprint density at radius 1 is 1.16 bits per heavy atom. The number of nitriles is 2. The van der Waals surface area contributed by atoms with Crippen LogP contribution in [0, 0.1) is 22.7 Å². The minimum Gasteiger partial charge on any atom is -0.346 e. The summed E-state index contributed by atoms with van der Waals surface area (Å²) in [5.74, 6) is 0. The number of hydrogen-bond acceptors (Lipinski definition) is 5. The van der Waals surface area contributed by atoms with Crippen molar-refractivity contribution in [3.63, 3.8) is 0 Å². The lowest BCUT2D eigenvalue weighted by Gasteiger charge is -2.47. The molecule has 0 radical (unpaired) electrons. The molecule has 1 unspecified atom stereocenters. The predicted octanol–water partition coefficient (Wildman–Crippen LogP) is 2.95. The Balaban J connectivity index is 1.48. The molecule has 1 aromatic carbocycles. The van der Waals surface area contributed by atoms with E-state index in [0.717, 1.165) is 21.4 Å². The van der Waals surface area contributed by atoms with Crippen molar-refractivity contribution in [2.75, 3.05) is 13.1 Å². The van der Waals surface area contributed by atoms with Crippen molar-refractivity contribution in [2.24, 2.45) is 0 Å². The normalized spacial score (nSPS) is 16.3. The highest BCUT2D eigenvalue weighted by atomic mass is 32.2. The SMILES string of the molecule is N#CCC1(n2cc(-c3c(C#N)cnc4[nH]ccc34)cn2)CN(S(=O)c2ccccc2)C1. The van der Waals surface area contributed by atoms with Crippen molar-refractivity contribution in [2.45, 2.75) is 16.9 Å². The second kappa shape index (κ2) is 7.47. The molecule has 1 aliphatic rings. The number of aromatic nitrogens is 4. The zero-order valence-corrected chi connectivity index (χ0v) is 17.2. The molecular weight excluding hydrogens is 410 g/mol. The number of benzene rings is 1. The second-order valence-corrected chi connectivity index (χ2v) is 8.98. The molecule has 152 valence electrons. The summed E-state index contributed by atoms with van der Waals surface area (Å²) in [7, 11) is -1.29. The largest absolute Gasteiger partial charge is 0.346 e. The molecule has 0 aliphatic carbocycles. The van der Waals surface area contributed by atoms with Crippen LogP contribution in [0.25, 0.3) is 22.2 Å². The van der Waals surface area contributed by atoms with Crippen LogP contribution in [-0.4, -0.2) is 41.4 Å². The van der Waals surface area contributed by atoms with Crippen LogP contribution in [0.1, 0.15) is 12.0 Å². The first-order chi connectivity index (χ1) is 15.1. The molecule has 9 heteroatoms. The summed E-state index contributed by atoms with van der Waals surface area (Å²) in [6.45, 7) is 0.897. The third-order valence-corrected chi connectivity index (χ3v) is 7.00. The van der Waals surface area contributed by atoms with E-state index in [-0.39, 0.29) is 6.42 Å². The average Bonchev–Trinajstić information content (AvgIpc) is 3.45. The highest BCUT2D eigenvalue weighted by Crippen LogP contribution is 2.37. The molecule has 0 amide bonds. The van der Waals surface area contributed by atoms with Gasteiger partial charge in [0.25, 0.3) is 0 Å². The number of fused-ring (bicyclic) bond motifs is 1. The fourth-order valence-corrected chi connectivity index (χ4v) is 5.42. The van der Waals surface area contributed by atoms with Gasteiger partial charge in [0.2, 0.25) is 0 Å². The van der Waals surface area contributed by atoms with Crippen LogP contribution in [0.5, 0.6) is 0 Å². The molecule has 1 N–H and O–H groups in total. The summed E-state index contributed by atoms with van der Waals surface area (Å²) in [6.07, 6.45) is 7.15. The summed E-state index contributed by atoms with van der Waals surface area (Å²) in [6, 6.07) is 15.6. The summed E-state index contributed by atoms with van der Waals surface area (Å²) in [5.41, 5.74) is 2.14. The Morgan fingerprint density at radius 3 is 2.71 bits per heavy atom. The molecular formula is C22H17N7OS. The molecule has 0 spiro atoms. The number of H-pyrrole nitrogens is 1. The van der Waals surface area contributed by atoms with Gasteiger partial charge in [-0.3, -0.25) is 4.68 Å². The fraction of sp³-hybridized carbons (Fsp3) is 0.182. The molecule has 0 bridgehead atoms. The molecule has 4 heterocycles. The Kier molecular flexibility index (Phi) is 4.63. The number of aromatic amines is 1. The van der Waals surface area contributed by atoms with E-state index in [4.69, 9.17) is 0 Å². The number of pyridine rings is 1. The van der Waals surface area contributed by atoms with E-state index in [1.807, 2.05) is 46.9 Å². The maximum atomic E-state index is 12.9. The Labute approximate surface area is 181 Å². The quantitative estimate of drug-likeness (QED) is 0.526. The topological polar surface area (TPSA) is 114 Å². The van der Waals surface area contributed by atoms with Gasteiger partial charge in [-0.25, -0.2) is 13.5 Å². The van der Waals surface area contributed by atoms with Gasteiger partial charge in [-0.15, -0.1) is 0 Å². The van der Waals surface area contributed by atoms with E-state index < -0.39 is 16.5 Å². The third kappa shape index (κ3) is 3.12. The molecule has 0 saturated carbocycles. The highest BCUT2D eigenvalue weighted by molar-refractivity contribution is 7.82. The fourth-order valence-electron chi connectivity index (χ4n) is 4.01. The van der Waals surface area contributed by atoms with Crippen molar-refractivity contribution in [3.05, 3.63) is 66.7 Å². The third-order valence-electron chi connectivity index (χ3n) is 5.59. The van der Waals surface area contributed by atoms with Crippen molar-refractivity contribution in [1.82, 2.24) is 24.1 Å². The van der Waals surface area contributed by atoms with E-state index in [2.05, 4.69) is 27.2 Å². The van der Waals surface area contributed by atoms with E-state index in [1.165, 1.54) is 0 Å². The van der Waals surface area contributed by atoms with Crippen LogP contribution in [0.4, 0.5) is 0 Å². The monoisotopic (exact) mass is 427 g/mol. The molecule has 1 fully saturated rings. The summed E-state index contributed by atoms with van der Waals surface area (Å²) >= 11 is 0. The molecule has 1 saturated heterocycles. The lowest BCUT2D eigenvalue weighted by atomic mass is 9.89. The van der Waals surface area contributed by atoms with Crippen LogP contribution in [-0.2, 0) is 16.5 Å². The van der Waals surface area contributed by atoms with Gasteiger partial charge in [0.05, 0.1) is 29.1 Å². The van der Waals surface area contributed by atoms with Crippen molar-refractivity contribution in [3.8, 4) is 23.3 Å². The molecule has 31 heavy (non-hydrogen) atoms. The molecule has 5 rings (SSSR count). The maximum Gasteiger partial charge on any atom is 0.137 e. The number of nitrogens with one attached hydrogen (secondary N) is 1. The predicted molar refractivity (Wildman–Crippen MR) is 115 cm³/mol. The van der Waals surface area contributed by atoms with Gasteiger partial charge in [-0.2, -0.15) is 15.6 Å². The molecule has 4 aromatic rings. The van der Waals surface area contributed by atoms with E-state index in [9.17, 15) is 14.7 Å². The Morgan fingerprint density at radius 2 is 1.97 bits per heavy atom. The number of hydrogen-bond donors (Lipinski definition) is 1. The van der Waals surface area contributed by atoms with Crippen molar-refractivity contribution >= 4 is 22.0 Å². The molecule has 1 aliphatic heterocycles. The minimum absolute atomic E-state index is 0.248. The van der Waals surface area contributed by atoms with E-state index in [1.54, 1.807) is 23.3 Å². The van der Waals surface area contributed by atoms with Gasteiger partial charge >= 0.3 is 0 Å². The van der Waals surface area contributed by atoms with Gasteiger partial charge in [-0.1, -0.05) is 18.2 Å². The van der Waals surface area contributed by atoms with Crippen LogP contribution >= 0.6 is 0 Å². The lowest BCUT2D eigenvalue weighted by molar-refractivity contribution is 0.0764. The van der Waals surface area contributed by atoms with E-state index in [0.29, 0.717) is 24.3 Å². The Hall–Kier alpha value is -3.79. The van der Waals surface area contributed by atoms with Gasteiger partial charge < -0.3 is 4.98 Å². The zero-order valence-electron chi connectivity index (χ0n) is 16.4. The zero-order chi connectivity index (χ0) is 21.4. The van der Waals surface area contributed by atoms with Gasteiger partial charge in [0, 0.05) is 48.2 Å². The van der Waals surface area contributed by atoms with Crippen LogP contribution < -0.4 is 0 Å². The summed E-state index contributed by atoms with van der Waals surface area (Å²) < 4.78 is 16.5. The maximum absolute atomic E-state index is 12.9. The van der Waals surface area contributed by atoms with Gasteiger partial charge in [-0.05, 0) is 18.2 Å². The Bertz CT molecular complexity index is 1370. The summed E-state index contributed by atoms with van der Waals surface area (Å²) in [5, 5.41) is 24.4. The highest BCUT2D eigenvalue weighted by Gasteiger charge is 2.48. The smallest absolute Gasteiger partial charge is 0.137 e. The van der Waals surface area contributed by atoms with Crippen LogP contribution in [0.3, 0.4) is 0 Å². The first kappa shape index (κ1) is 19.2. The number of rotatable bonds is 5. The molecule has 1 atom stereocenters. The van der Waals surface area contributed by atoms with Crippen LogP contribution in [0.15, 0.2) is 66.1 Å². The van der Waals surface area contributed by atoms with Gasteiger partial charge in [0.15, 0.2) is 0 Å². The van der Waals surface area contributed by atoms with Crippen molar-refractivity contribution in [1.29, 1.82) is 10.5 Å². The van der Waals surface area contributed by atoms with Crippen LogP contribution in [0.2, 0.25) is 0 Å². The standard InChI is InChI=1S/C22H17N7OS/c23-8-7-22(14-28(15-22)31(30)18-4-2-1-3-5-18)29-13-17(12-27-29)20-16(10-24)11-26-21-19(20)6-9-25-21/h1-6,9,11-13H,7,14-15H2,(H,25,26).